The smallest absolute Gasteiger partial charge is 0.178 e. The number of aliphatic hydroxyl groups is 1. The Morgan fingerprint density at radius 1 is 1.33 bits per heavy atom. The molecule has 1 aliphatic heterocycles. The van der Waals surface area contributed by atoms with Crippen LogP contribution in [0.2, 0.25) is 0 Å². The van der Waals surface area contributed by atoms with Crippen LogP contribution in [0.15, 0.2) is 24.3 Å². The molecule has 5 heteroatoms. The summed E-state index contributed by atoms with van der Waals surface area (Å²) in [6, 6.07) is 6.26. The third-order valence-corrected chi connectivity index (χ3v) is 3.01. The third kappa shape index (κ3) is 3.19. The Hall–Kier alpha value is -1.17. The maximum atomic E-state index is 13.5. The molecule has 1 aromatic rings. The first kappa shape index (κ1) is 13.3. The minimum atomic E-state index is -0.678. The zero-order valence-electron chi connectivity index (χ0n) is 10.5. The Balaban J connectivity index is 2.08. The molecule has 2 N–H and O–H groups in total. The van der Waals surface area contributed by atoms with Gasteiger partial charge in [-0.3, -0.25) is 4.90 Å². The second kappa shape index (κ2) is 6.13. The van der Waals surface area contributed by atoms with Crippen LogP contribution in [0.1, 0.15) is 6.92 Å². The Morgan fingerprint density at radius 2 is 2.00 bits per heavy atom. The lowest BCUT2D eigenvalue weighted by Gasteiger charge is -2.36. The molecular formula is C13H19FN2O2. The van der Waals surface area contributed by atoms with Crippen LogP contribution in [-0.4, -0.2) is 48.5 Å². The monoisotopic (exact) mass is 254 g/mol. The molecule has 18 heavy (non-hydrogen) atoms. The van der Waals surface area contributed by atoms with Crippen LogP contribution in [0.25, 0.3) is 0 Å². The van der Waals surface area contributed by atoms with E-state index in [0.29, 0.717) is 0 Å². The third-order valence-electron chi connectivity index (χ3n) is 3.01. The lowest BCUT2D eigenvalue weighted by molar-refractivity contribution is -0.0639. The normalized spacial score (nSPS) is 20.4. The van der Waals surface area contributed by atoms with Crippen molar-refractivity contribution >= 4 is 0 Å². The second-order valence-corrected chi connectivity index (χ2v) is 4.47. The number of ether oxygens (including phenoxy) is 1. The number of hydrogen-bond donors (Lipinski definition) is 2. The van der Waals surface area contributed by atoms with Gasteiger partial charge in [0.25, 0.3) is 0 Å². The van der Waals surface area contributed by atoms with Gasteiger partial charge < -0.3 is 15.2 Å². The van der Waals surface area contributed by atoms with Crippen LogP contribution < -0.4 is 10.1 Å². The molecule has 1 unspecified atom stereocenters. The van der Waals surface area contributed by atoms with Crippen molar-refractivity contribution in [2.24, 2.45) is 0 Å². The fraction of sp³-hybridized carbons (Fsp3) is 0.538. The average Bonchev–Trinajstić information content (AvgIpc) is 2.38. The molecule has 1 saturated heterocycles. The Morgan fingerprint density at radius 3 is 2.61 bits per heavy atom. The van der Waals surface area contributed by atoms with Crippen molar-refractivity contribution in [3.8, 4) is 5.75 Å². The maximum absolute atomic E-state index is 13.5. The number of hydrogen-bond acceptors (Lipinski definition) is 4. The zero-order chi connectivity index (χ0) is 13.0. The van der Waals surface area contributed by atoms with E-state index in [1.807, 2.05) is 4.90 Å². The van der Waals surface area contributed by atoms with Gasteiger partial charge in [0.05, 0.1) is 0 Å². The number of nitrogens with one attached hydrogen (secondary N) is 1. The quantitative estimate of drug-likeness (QED) is 0.835. The predicted molar refractivity (Wildman–Crippen MR) is 66.9 cm³/mol. The number of piperazine rings is 1. The number of benzene rings is 1. The first-order valence-electron chi connectivity index (χ1n) is 6.22. The molecule has 0 radical (unpaired) electrons. The number of nitrogens with zero attached hydrogens (tertiary/aromatic N) is 1. The molecule has 0 spiro atoms. The highest BCUT2D eigenvalue weighted by Gasteiger charge is 2.27. The van der Waals surface area contributed by atoms with Gasteiger partial charge in [0, 0.05) is 26.2 Å². The molecule has 1 aromatic carbocycles. The lowest BCUT2D eigenvalue weighted by atomic mass is 10.2. The Kier molecular flexibility index (Phi) is 4.52. The van der Waals surface area contributed by atoms with Gasteiger partial charge in [-0.15, -0.1) is 0 Å². The van der Waals surface area contributed by atoms with Gasteiger partial charge in [-0.05, 0) is 19.1 Å². The molecule has 0 aromatic heterocycles. The van der Waals surface area contributed by atoms with Crippen molar-refractivity contribution in [3.63, 3.8) is 0 Å². The van der Waals surface area contributed by atoms with E-state index >= 15 is 0 Å². The summed E-state index contributed by atoms with van der Waals surface area (Å²) >= 11 is 0. The van der Waals surface area contributed by atoms with Gasteiger partial charge in [0.15, 0.2) is 17.8 Å². The molecule has 0 amide bonds. The molecule has 0 aliphatic carbocycles. The minimum absolute atomic E-state index is 0.182. The molecule has 2 rings (SSSR count). The Bertz CT molecular complexity index is 381. The van der Waals surface area contributed by atoms with Gasteiger partial charge in [-0.2, -0.15) is 0 Å². The van der Waals surface area contributed by atoms with Gasteiger partial charge in [0.2, 0.25) is 0 Å². The number of aliphatic hydroxyl groups excluding tert-OH is 1. The molecular weight excluding hydrogens is 235 g/mol. The largest absolute Gasteiger partial charge is 0.469 e. The van der Waals surface area contributed by atoms with Crippen LogP contribution in [0.5, 0.6) is 5.75 Å². The molecule has 0 bridgehead atoms. The van der Waals surface area contributed by atoms with E-state index in [2.05, 4.69) is 5.32 Å². The molecule has 1 aliphatic rings. The van der Waals surface area contributed by atoms with Crippen LogP contribution in [-0.2, 0) is 0 Å². The van der Waals surface area contributed by atoms with Crippen molar-refractivity contribution < 1.29 is 14.2 Å². The number of para-hydroxylation sites is 1. The van der Waals surface area contributed by atoms with Crippen LogP contribution >= 0.6 is 0 Å². The molecule has 1 heterocycles. The van der Waals surface area contributed by atoms with E-state index in [1.165, 1.54) is 6.07 Å². The topological polar surface area (TPSA) is 44.7 Å². The summed E-state index contributed by atoms with van der Waals surface area (Å²) in [5.74, 6) is -0.222. The van der Waals surface area contributed by atoms with E-state index in [9.17, 15) is 9.50 Å². The van der Waals surface area contributed by atoms with E-state index in [1.54, 1.807) is 25.1 Å². The van der Waals surface area contributed by atoms with Gasteiger partial charge >= 0.3 is 0 Å². The van der Waals surface area contributed by atoms with Gasteiger partial charge in [-0.1, -0.05) is 12.1 Å². The molecule has 4 nitrogen and oxygen atoms in total. The van der Waals surface area contributed by atoms with Gasteiger partial charge in [0.1, 0.15) is 6.10 Å². The van der Waals surface area contributed by atoms with Crippen LogP contribution in [0, 0.1) is 5.82 Å². The first-order chi connectivity index (χ1) is 8.68. The lowest BCUT2D eigenvalue weighted by Crippen LogP contribution is -2.54. The maximum Gasteiger partial charge on any atom is 0.178 e. The summed E-state index contributed by atoms with van der Waals surface area (Å²) in [7, 11) is 0. The highest BCUT2D eigenvalue weighted by Crippen LogP contribution is 2.20. The Labute approximate surface area is 106 Å². The number of rotatable bonds is 4. The zero-order valence-corrected chi connectivity index (χ0v) is 10.5. The van der Waals surface area contributed by atoms with Crippen molar-refractivity contribution in [1.82, 2.24) is 10.2 Å². The van der Waals surface area contributed by atoms with Crippen LogP contribution in [0.4, 0.5) is 4.39 Å². The average molecular weight is 254 g/mol. The van der Waals surface area contributed by atoms with Crippen LogP contribution in [0.3, 0.4) is 0 Å². The standard InChI is InChI=1S/C13H19FN2O2/c1-10(17)13(16-8-6-15-7-9-16)18-12-5-3-2-4-11(12)14/h2-5,10,13,15,17H,6-9H2,1H3/t10-,13?/m1/s1. The number of halogens is 1. The summed E-state index contributed by atoms with van der Waals surface area (Å²) in [5, 5.41) is 13.0. The molecule has 100 valence electrons. The summed E-state index contributed by atoms with van der Waals surface area (Å²) < 4.78 is 19.2. The highest BCUT2D eigenvalue weighted by atomic mass is 19.1. The predicted octanol–water partition coefficient (Wildman–Crippen LogP) is 0.817. The SMILES string of the molecule is C[C@@H](O)C(Oc1ccccc1F)N1CCNCC1. The summed E-state index contributed by atoms with van der Waals surface area (Å²) in [6.45, 7) is 4.93. The van der Waals surface area contributed by atoms with Crippen molar-refractivity contribution in [2.75, 3.05) is 26.2 Å². The van der Waals surface area contributed by atoms with E-state index < -0.39 is 18.1 Å². The fourth-order valence-electron chi connectivity index (χ4n) is 2.09. The van der Waals surface area contributed by atoms with Gasteiger partial charge in [-0.25, -0.2) is 4.39 Å². The van der Waals surface area contributed by atoms with E-state index in [4.69, 9.17) is 4.74 Å². The van der Waals surface area contributed by atoms with E-state index in [0.717, 1.165) is 26.2 Å². The van der Waals surface area contributed by atoms with Crippen molar-refractivity contribution in [3.05, 3.63) is 30.1 Å². The van der Waals surface area contributed by atoms with Crippen molar-refractivity contribution in [2.45, 2.75) is 19.3 Å². The molecule has 2 atom stereocenters. The first-order valence-corrected chi connectivity index (χ1v) is 6.22. The fourth-order valence-corrected chi connectivity index (χ4v) is 2.09. The minimum Gasteiger partial charge on any atom is -0.469 e. The molecule has 1 fully saturated rings. The van der Waals surface area contributed by atoms with Crippen molar-refractivity contribution in [1.29, 1.82) is 0 Å². The van der Waals surface area contributed by atoms with E-state index in [-0.39, 0.29) is 5.75 Å². The highest BCUT2D eigenvalue weighted by molar-refractivity contribution is 5.23. The summed E-state index contributed by atoms with van der Waals surface area (Å²) in [5.41, 5.74) is 0. The second-order valence-electron chi connectivity index (χ2n) is 4.47. The summed E-state index contributed by atoms with van der Waals surface area (Å²) in [6.07, 6.45) is -1.19. The summed E-state index contributed by atoms with van der Waals surface area (Å²) in [4.78, 5) is 2.02. The molecule has 0 saturated carbocycles.